The first-order valence-corrected chi connectivity index (χ1v) is 9.57. The molecule has 0 spiro atoms. The van der Waals surface area contributed by atoms with Gasteiger partial charge in [0, 0.05) is 18.5 Å². The molecular weight excluding hydrogens is 344 g/mol. The number of amides is 2. The van der Waals surface area contributed by atoms with Crippen molar-refractivity contribution < 1.29 is 19.1 Å². The van der Waals surface area contributed by atoms with Crippen molar-refractivity contribution in [1.82, 2.24) is 9.80 Å². The lowest BCUT2D eigenvalue weighted by Crippen LogP contribution is -2.59. The molecule has 3 rings (SSSR count). The number of carbonyl (C=O) groups is 2. The maximum atomic E-state index is 13.1. The molecule has 2 saturated heterocycles. The molecule has 6 heteroatoms. The fourth-order valence-electron chi connectivity index (χ4n) is 4.01. The van der Waals surface area contributed by atoms with Crippen LogP contribution in [0.5, 0.6) is 0 Å². The SMILES string of the molecule is CC(C)(C)OC(=O)N1CCCN2C(=O)[C@@H](OCc3ccccc3)C(C)(C)[C@H]12. The molecule has 6 nitrogen and oxygen atoms in total. The van der Waals surface area contributed by atoms with E-state index in [2.05, 4.69) is 0 Å². The summed E-state index contributed by atoms with van der Waals surface area (Å²) in [6.07, 6.45) is -0.579. The van der Waals surface area contributed by atoms with Crippen molar-refractivity contribution in [2.75, 3.05) is 13.1 Å². The zero-order valence-corrected chi connectivity index (χ0v) is 16.9. The summed E-state index contributed by atoms with van der Waals surface area (Å²) in [4.78, 5) is 29.3. The normalized spacial score (nSPS) is 24.7. The van der Waals surface area contributed by atoms with Crippen LogP contribution in [0.3, 0.4) is 0 Å². The van der Waals surface area contributed by atoms with Crippen molar-refractivity contribution in [2.24, 2.45) is 5.41 Å². The first kappa shape index (κ1) is 19.7. The number of hydrogen-bond donors (Lipinski definition) is 0. The first-order valence-electron chi connectivity index (χ1n) is 9.57. The second-order valence-corrected chi connectivity index (χ2v) is 8.93. The summed E-state index contributed by atoms with van der Waals surface area (Å²) in [5, 5.41) is 0. The highest BCUT2D eigenvalue weighted by molar-refractivity contribution is 5.86. The van der Waals surface area contributed by atoms with E-state index in [0.717, 1.165) is 12.0 Å². The first-order chi connectivity index (χ1) is 12.6. The quantitative estimate of drug-likeness (QED) is 0.814. The Kier molecular flexibility index (Phi) is 5.21. The van der Waals surface area contributed by atoms with Gasteiger partial charge in [-0.3, -0.25) is 9.69 Å². The van der Waals surface area contributed by atoms with Crippen LogP contribution in [-0.4, -0.2) is 52.8 Å². The van der Waals surface area contributed by atoms with Crippen molar-refractivity contribution in [3.63, 3.8) is 0 Å². The number of rotatable bonds is 3. The van der Waals surface area contributed by atoms with Gasteiger partial charge in [0.15, 0.2) is 0 Å². The van der Waals surface area contributed by atoms with Crippen molar-refractivity contribution >= 4 is 12.0 Å². The summed E-state index contributed by atoms with van der Waals surface area (Å²) in [5.74, 6) is -0.0470. The van der Waals surface area contributed by atoms with Gasteiger partial charge in [-0.2, -0.15) is 0 Å². The Balaban J connectivity index is 1.79. The molecule has 2 amide bonds. The van der Waals surface area contributed by atoms with Gasteiger partial charge >= 0.3 is 6.09 Å². The third kappa shape index (κ3) is 3.95. The van der Waals surface area contributed by atoms with Gasteiger partial charge in [-0.1, -0.05) is 44.2 Å². The number of nitrogens with zero attached hydrogens (tertiary/aromatic N) is 2. The Morgan fingerprint density at radius 1 is 1.19 bits per heavy atom. The van der Waals surface area contributed by atoms with E-state index >= 15 is 0 Å². The summed E-state index contributed by atoms with van der Waals surface area (Å²) >= 11 is 0. The summed E-state index contributed by atoms with van der Waals surface area (Å²) in [6.45, 7) is 11.1. The minimum Gasteiger partial charge on any atom is -0.444 e. The Bertz CT molecular complexity index is 696. The van der Waals surface area contributed by atoms with Crippen molar-refractivity contribution in [3.8, 4) is 0 Å². The van der Waals surface area contributed by atoms with Gasteiger partial charge in [-0.15, -0.1) is 0 Å². The molecule has 0 bridgehead atoms. The van der Waals surface area contributed by atoms with Crippen molar-refractivity contribution in [3.05, 3.63) is 35.9 Å². The molecule has 2 aliphatic rings. The zero-order chi connectivity index (χ0) is 19.8. The average Bonchev–Trinajstić information content (AvgIpc) is 2.79. The molecule has 0 saturated carbocycles. The smallest absolute Gasteiger partial charge is 0.411 e. The van der Waals surface area contributed by atoms with Gasteiger partial charge in [-0.05, 0) is 32.8 Å². The van der Waals surface area contributed by atoms with E-state index in [1.807, 2.05) is 65.0 Å². The number of benzene rings is 1. The van der Waals surface area contributed by atoms with Crippen LogP contribution in [-0.2, 0) is 20.9 Å². The molecule has 2 heterocycles. The average molecular weight is 374 g/mol. The highest BCUT2D eigenvalue weighted by Gasteiger charge is 2.59. The number of fused-ring (bicyclic) bond motifs is 1. The molecule has 0 aromatic heterocycles. The molecule has 0 N–H and O–H groups in total. The van der Waals surface area contributed by atoms with Gasteiger partial charge in [-0.25, -0.2) is 4.79 Å². The van der Waals surface area contributed by atoms with Crippen LogP contribution in [0.25, 0.3) is 0 Å². The molecule has 2 fully saturated rings. The predicted molar refractivity (Wildman–Crippen MR) is 102 cm³/mol. The minimum absolute atomic E-state index is 0.0470. The summed E-state index contributed by atoms with van der Waals surface area (Å²) in [7, 11) is 0. The third-order valence-corrected chi connectivity index (χ3v) is 5.12. The second-order valence-electron chi connectivity index (χ2n) is 8.93. The minimum atomic E-state index is -0.592. The fraction of sp³-hybridized carbons (Fsp3) is 0.619. The van der Waals surface area contributed by atoms with E-state index in [0.29, 0.717) is 19.7 Å². The van der Waals surface area contributed by atoms with Crippen LogP contribution in [0.4, 0.5) is 4.79 Å². The lowest BCUT2D eigenvalue weighted by Gasteiger charge is -2.45. The Hall–Kier alpha value is -2.08. The largest absolute Gasteiger partial charge is 0.444 e. The van der Waals surface area contributed by atoms with Crippen LogP contribution >= 0.6 is 0 Å². The van der Waals surface area contributed by atoms with Gasteiger partial charge in [0.2, 0.25) is 0 Å². The molecule has 27 heavy (non-hydrogen) atoms. The molecule has 1 aromatic rings. The van der Waals surface area contributed by atoms with E-state index in [9.17, 15) is 9.59 Å². The highest BCUT2D eigenvalue weighted by Crippen LogP contribution is 2.43. The molecule has 0 unspecified atom stereocenters. The van der Waals surface area contributed by atoms with Crippen LogP contribution in [0, 0.1) is 5.41 Å². The lowest BCUT2D eigenvalue weighted by molar-refractivity contribution is -0.141. The maximum absolute atomic E-state index is 13.1. The third-order valence-electron chi connectivity index (χ3n) is 5.12. The number of ether oxygens (including phenoxy) is 2. The molecular formula is C21H30N2O4. The van der Waals surface area contributed by atoms with E-state index < -0.39 is 17.1 Å². The Morgan fingerprint density at radius 2 is 1.85 bits per heavy atom. The topological polar surface area (TPSA) is 59.1 Å². The number of hydrogen-bond acceptors (Lipinski definition) is 4. The van der Waals surface area contributed by atoms with Gasteiger partial charge in [0.25, 0.3) is 5.91 Å². The van der Waals surface area contributed by atoms with Crippen molar-refractivity contribution in [2.45, 2.75) is 65.5 Å². The van der Waals surface area contributed by atoms with Gasteiger partial charge < -0.3 is 14.4 Å². The Morgan fingerprint density at radius 3 is 2.48 bits per heavy atom. The van der Waals surface area contributed by atoms with E-state index in [-0.39, 0.29) is 18.2 Å². The van der Waals surface area contributed by atoms with Crippen LogP contribution in [0.15, 0.2) is 30.3 Å². The summed E-state index contributed by atoms with van der Waals surface area (Å²) < 4.78 is 11.7. The van der Waals surface area contributed by atoms with E-state index in [4.69, 9.17) is 9.47 Å². The molecule has 0 aliphatic carbocycles. The Labute approximate surface area is 161 Å². The second kappa shape index (κ2) is 7.15. The monoisotopic (exact) mass is 374 g/mol. The molecule has 1 aromatic carbocycles. The summed E-state index contributed by atoms with van der Waals surface area (Å²) in [6, 6.07) is 9.81. The van der Waals surface area contributed by atoms with E-state index in [1.165, 1.54) is 0 Å². The lowest BCUT2D eigenvalue weighted by atomic mass is 9.85. The molecule has 0 radical (unpaired) electrons. The van der Waals surface area contributed by atoms with Crippen LogP contribution < -0.4 is 0 Å². The van der Waals surface area contributed by atoms with Crippen molar-refractivity contribution in [1.29, 1.82) is 0 Å². The maximum Gasteiger partial charge on any atom is 0.411 e. The molecule has 2 atom stereocenters. The fourth-order valence-corrected chi connectivity index (χ4v) is 4.01. The summed E-state index contributed by atoms with van der Waals surface area (Å²) in [5.41, 5.74) is -0.0895. The van der Waals surface area contributed by atoms with Gasteiger partial charge in [0.05, 0.1) is 6.61 Å². The highest BCUT2D eigenvalue weighted by atomic mass is 16.6. The molecule has 2 aliphatic heterocycles. The number of carbonyl (C=O) groups excluding carboxylic acids is 2. The van der Waals surface area contributed by atoms with Crippen LogP contribution in [0.2, 0.25) is 0 Å². The van der Waals surface area contributed by atoms with Crippen LogP contribution in [0.1, 0.15) is 46.6 Å². The van der Waals surface area contributed by atoms with Gasteiger partial charge in [0.1, 0.15) is 17.9 Å². The predicted octanol–water partition coefficient (Wildman–Crippen LogP) is 3.41. The standard InChI is InChI=1S/C21H30N2O4/c1-20(2,3)27-19(25)23-13-9-12-22-17(24)16(21(4,5)18(22)23)26-14-15-10-7-6-8-11-15/h6-8,10-11,16,18H,9,12-14H2,1-5H3/t16-,18+/m1/s1. The van der Waals surface area contributed by atoms with E-state index in [1.54, 1.807) is 9.80 Å². The zero-order valence-electron chi connectivity index (χ0n) is 16.9. The molecule has 148 valence electrons.